The normalized spacial score (nSPS) is 21.9. The van der Waals surface area contributed by atoms with E-state index in [0.717, 1.165) is 48.7 Å². The van der Waals surface area contributed by atoms with Crippen molar-refractivity contribution in [1.29, 1.82) is 0 Å². The molecule has 21 heavy (non-hydrogen) atoms. The van der Waals surface area contributed by atoms with E-state index in [-0.39, 0.29) is 5.41 Å². The van der Waals surface area contributed by atoms with Gasteiger partial charge in [-0.25, -0.2) is 0 Å². The zero-order chi connectivity index (χ0) is 14.9. The molecule has 0 aliphatic carbocycles. The topological polar surface area (TPSA) is 33.7 Å². The van der Waals surface area contributed by atoms with Crippen LogP contribution < -0.4 is 14.8 Å². The van der Waals surface area contributed by atoms with Crippen LogP contribution in [0.15, 0.2) is 16.6 Å². The van der Waals surface area contributed by atoms with Gasteiger partial charge in [-0.15, -0.1) is 0 Å². The molecule has 0 saturated carbocycles. The number of piperazine rings is 1. The Labute approximate surface area is 134 Å². The molecular formula is C16H23BrN2O2. The van der Waals surface area contributed by atoms with Gasteiger partial charge in [-0.1, -0.05) is 29.8 Å². The number of benzene rings is 1. The van der Waals surface area contributed by atoms with Gasteiger partial charge >= 0.3 is 0 Å². The van der Waals surface area contributed by atoms with E-state index in [9.17, 15) is 0 Å². The summed E-state index contributed by atoms with van der Waals surface area (Å²) in [6.45, 7) is 11.0. The minimum Gasteiger partial charge on any atom is -0.489 e. The number of nitrogens with zero attached hydrogens (tertiary/aromatic N) is 1. The van der Waals surface area contributed by atoms with Gasteiger partial charge in [-0.05, 0) is 17.7 Å². The summed E-state index contributed by atoms with van der Waals surface area (Å²) in [7, 11) is 0. The molecule has 4 nitrogen and oxygen atoms in total. The lowest BCUT2D eigenvalue weighted by Gasteiger charge is -2.27. The minimum absolute atomic E-state index is 0.0458. The maximum Gasteiger partial charge on any atom is 0.162 e. The smallest absolute Gasteiger partial charge is 0.162 e. The number of hydrogen-bond acceptors (Lipinski definition) is 4. The van der Waals surface area contributed by atoms with Crippen molar-refractivity contribution in [3.8, 4) is 11.5 Å². The van der Waals surface area contributed by atoms with Crippen molar-refractivity contribution in [2.45, 2.75) is 20.4 Å². The highest BCUT2D eigenvalue weighted by Crippen LogP contribution is 2.38. The van der Waals surface area contributed by atoms with Gasteiger partial charge in [-0.3, -0.25) is 4.90 Å². The molecule has 2 heterocycles. The molecule has 3 rings (SSSR count). The van der Waals surface area contributed by atoms with Gasteiger partial charge in [0.2, 0.25) is 0 Å². The Morgan fingerprint density at radius 2 is 1.76 bits per heavy atom. The second-order valence-electron chi connectivity index (χ2n) is 6.66. The molecule has 0 atom stereocenters. The molecule has 0 unspecified atom stereocenters. The van der Waals surface area contributed by atoms with Gasteiger partial charge in [-0.2, -0.15) is 0 Å². The summed E-state index contributed by atoms with van der Waals surface area (Å²) < 4.78 is 13.0. The first kappa shape index (κ1) is 15.1. The van der Waals surface area contributed by atoms with E-state index in [1.54, 1.807) is 0 Å². The van der Waals surface area contributed by atoms with Gasteiger partial charge in [0.25, 0.3) is 0 Å². The van der Waals surface area contributed by atoms with Crippen molar-refractivity contribution >= 4 is 15.9 Å². The molecule has 5 heteroatoms. The van der Waals surface area contributed by atoms with Crippen LogP contribution in [0.1, 0.15) is 19.4 Å². The van der Waals surface area contributed by atoms with Crippen LogP contribution in [-0.4, -0.2) is 44.3 Å². The maximum absolute atomic E-state index is 5.97. The summed E-state index contributed by atoms with van der Waals surface area (Å²) in [5.41, 5.74) is 1.31. The Morgan fingerprint density at radius 3 is 2.43 bits per heavy atom. The van der Waals surface area contributed by atoms with Crippen LogP contribution in [0.3, 0.4) is 0 Å². The van der Waals surface area contributed by atoms with Crippen LogP contribution in [0, 0.1) is 5.41 Å². The van der Waals surface area contributed by atoms with E-state index in [4.69, 9.17) is 9.47 Å². The lowest BCUT2D eigenvalue weighted by Crippen LogP contribution is -2.42. The highest BCUT2D eigenvalue weighted by atomic mass is 79.9. The van der Waals surface area contributed by atoms with Gasteiger partial charge in [0.05, 0.1) is 13.2 Å². The van der Waals surface area contributed by atoms with E-state index in [1.165, 1.54) is 5.56 Å². The third-order valence-corrected chi connectivity index (χ3v) is 4.69. The Kier molecular flexibility index (Phi) is 4.43. The third kappa shape index (κ3) is 3.71. The van der Waals surface area contributed by atoms with Crippen LogP contribution in [0.4, 0.5) is 0 Å². The Bertz CT molecular complexity index is 513. The molecule has 1 fully saturated rings. The standard InChI is InChI=1S/C16H23BrN2O2/c1-16(2)10-20-14-7-12(9-19-5-3-18-4-6-19)13(17)8-15(14)21-11-16/h7-8,18H,3-6,9-11H2,1-2H3. The van der Waals surface area contributed by atoms with Crippen LogP contribution >= 0.6 is 15.9 Å². The SMILES string of the molecule is CC1(C)COc2cc(Br)c(CN3CCNCC3)cc2OC1. The fourth-order valence-corrected chi connectivity index (χ4v) is 3.07. The van der Waals surface area contributed by atoms with E-state index in [2.05, 4.69) is 46.1 Å². The van der Waals surface area contributed by atoms with E-state index in [1.807, 2.05) is 6.07 Å². The number of hydrogen-bond donors (Lipinski definition) is 1. The van der Waals surface area contributed by atoms with Crippen LogP contribution in [0.25, 0.3) is 0 Å². The van der Waals surface area contributed by atoms with E-state index < -0.39 is 0 Å². The predicted molar refractivity (Wildman–Crippen MR) is 87.1 cm³/mol. The van der Waals surface area contributed by atoms with E-state index >= 15 is 0 Å². The second-order valence-corrected chi connectivity index (χ2v) is 7.51. The number of ether oxygens (including phenoxy) is 2. The van der Waals surface area contributed by atoms with Gasteiger partial charge < -0.3 is 14.8 Å². The Hall–Kier alpha value is -0.780. The predicted octanol–water partition coefficient (Wildman–Crippen LogP) is 2.65. The zero-order valence-electron chi connectivity index (χ0n) is 12.7. The minimum atomic E-state index is 0.0458. The maximum atomic E-state index is 5.97. The highest BCUT2D eigenvalue weighted by molar-refractivity contribution is 9.10. The first-order chi connectivity index (χ1) is 10.0. The summed E-state index contributed by atoms with van der Waals surface area (Å²) in [4.78, 5) is 2.46. The quantitative estimate of drug-likeness (QED) is 0.885. The fourth-order valence-electron chi connectivity index (χ4n) is 2.62. The number of rotatable bonds is 2. The monoisotopic (exact) mass is 354 g/mol. The Balaban J connectivity index is 1.79. The van der Waals surface area contributed by atoms with Gasteiger partial charge in [0.15, 0.2) is 11.5 Å². The summed E-state index contributed by atoms with van der Waals surface area (Å²) in [5.74, 6) is 1.71. The third-order valence-electron chi connectivity index (χ3n) is 3.95. The molecule has 0 spiro atoms. The summed E-state index contributed by atoms with van der Waals surface area (Å²) in [6, 6.07) is 4.18. The van der Waals surface area contributed by atoms with Crippen LogP contribution in [0.2, 0.25) is 0 Å². The Morgan fingerprint density at radius 1 is 1.14 bits per heavy atom. The number of nitrogens with one attached hydrogen (secondary N) is 1. The zero-order valence-corrected chi connectivity index (χ0v) is 14.3. The largest absolute Gasteiger partial charge is 0.489 e. The molecule has 1 aromatic carbocycles. The van der Waals surface area contributed by atoms with E-state index in [0.29, 0.717) is 13.2 Å². The second kappa shape index (κ2) is 6.15. The van der Waals surface area contributed by atoms with Crippen molar-refractivity contribution in [3.63, 3.8) is 0 Å². The average Bonchev–Trinajstić information content (AvgIpc) is 2.60. The average molecular weight is 355 g/mol. The molecule has 0 amide bonds. The molecule has 116 valence electrons. The molecule has 1 saturated heterocycles. The molecule has 1 N–H and O–H groups in total. The number of fused-ring (bicyclic) bond motifs is 1. The fraction of sp³-hybridized carbons (Fsp3) is 0.625. The van der Waals surface area contributed by atoms with Crippen molar-refractivity contribution in [3.05, 3.63) is 22.2 Å². The number of halogens is 1. The van der Waals surface area contributed by atoms with Gasteiger partial charge in [0.1, 0.15) is 0 Å². The van der Waals surface area contributed by atoms with Crippen molar-refractivity contribution < 1.29 is 9.47 Å². The van der Waals surface area contributed by atoms with Crippen molar-refractivity contribution in [2.24, 2.45) is 5.41 Å². The van der Waals surface area contributed by atoms with Crippen molar-refractivity contribution in [2.75, 3.05) is 39.4 Å². The van der Waals surface area contributed by atoms with Gasteiger partial charge in [0, 0.05) is 42.6 Å². The molecule has 0 aromatic heterocycles. The molecule has 2 aliphatic heterocycles. The summed E-state index contributed by atoms with van der Waals surface area (Å²) in [5, 5.41) is 3.38. The lowest BCUT2D eigenvalue weighted by atomic mass is 9.97. The summed E-state index contributed by atoms with van der Waals surface area (Å²) >= 11 is 3.68. The molecule has 0 radical (unpaired) electrons. The molecule has 0 bridgehead atoms. The molecule has 2 aliphatic rings. The summed E-state index contributed by atoms with van der Waals surface area (Å²) in [6.07, 6.45) is 0. The molecular weight excluding hydrogens is 332 g/mol. The highest BCUT2D eigenvalue weighted by Gasteiger charge is 2.26. The first-order valence-corrected chi connectivity index (χ1v) is 8.34. The van der Waals surface area contributed by atoms with Crippen LogP contribution in [-0.2, 0) is 6.54 Å². The first-order valence-electron chi connectivity index (χ1n) is 7.55. The van der Waals surface area contributed by atoms with Crippen molar-refractivity contribution in [1.82, 2.24) is 10.2 Å². The van der Waals surface area contributed by atoms with Crippen LogP contribution in [0.5, 0.6) is 11.5 Å². The molecule has 1 aromatic rings. The lowest BCUT2D eigenvalue weighted by molar-refractivity contribution is 0.140.